The van der Waals surface area contributed by atoms with E-state index in [1.807, 2.05) is 17.6 Å². The summed E-state index contributed by atoms with van der Waals surface area (Å²) < 4.78 is 7.16. The van der Waals surface area contributed by atoms with Crippen molar-refractivity contribution in [1.29, 1.82) is 0 Å². The molecule has 0 N–H and O–H groups in total. The average Bonchev–Trinajstić information content (AvgIpc) is 3.23. The van der Waals surface area contributed by atoms with Crippen LogP contribution in [0.3, 0.4) is 0 Å². The molecular formula is C22H27NOS. The van der Waals surface area contributed by atoms with Crippen LogP contribution in [0.5, 0.6) is 0 Å². The predicted octanol–water partition coefficient (Wildman–Crippen LogP) is 6.66. The summed E-state index contributed by atoms with van der Waals surface area (Å²) in [6.45, 7) is 4.49. The summed E-state index contributed by atoms with van der Waals surface area (Å²) in [5, 5.41) is 0. The first-order valence-electron chi connectivity index (χ1n) is 9.46. The Morgan fingerprint density at radius 3 is 2.60 bits per heavy atom. The van der Waals surface area contributed by atoms with Crippen LogP contribution in [0, 0.1) is 6.92 Å². The Morgan fingerprint density at radius 2 is 1.88 bits per heavy atom. The van der Waals surface area contributed by atoms with Gasteiger partial charge in [-0.1, -0.05) is 44.4 Å². The fourth-order valence-electron chi connectivity index (χ4n) is 4.59. The number of nitrogens with zero attached hydrogens (tertiary/aromatic N) is 1. The van der Waals surface area contributed by atoms with Crippen LogP contribution in [0.4, 0.5) is 5.69 Å². The van der Waals surface area contributed by atoms with Crippen LogP contribution in [0.25, 0.3) is 10.3 Å². The third-order valence-electron chi connectivity index (χ3n) is 5.97. The zero-order chi connectivity index (χ0) is 17.4. The number of fused-ring (bicyclic) bond motifs is 1. The largest absolute Gasteiger partial charge is 0.463 e. The van der Waals surface area contributed by atoms with Crippen LogP contribution >= 0.6 is 11.3 Å². The Kier molecular flexibility index (Phi) is 4.36. The van der Waals surface area contributed by atoms with Crippen molar-refractivity contribution in [3.8, 4) is 0 Å². The van der Waals surface area contributed by atoms with E-state index in [4.69, 9.17) is 4.42 Å². The van der Waals surface area contributed by atoms with E-state index in [9.17, 15) is 0 Å². The summed E-state index contributed by atoms with van der Waals surface area (Å²) in [6.07, 6.45) is 9.29. The number of hydrogen-bond acceptors (Lipinski definition) is 3. The van der Waals surface area contributed by atoms with Crippen LogP contribution in [0.15, 0.2) is 41.0 Å². The Hall–Kier alpha value is -1.74. The number of rotatable bonds is 4. The lowest BCUT2D eigenvalue weighted by molar-refractivity contribution is 0.292. The highest BCUT2D eigenvalue weighted by Crippen LogP contribution is 2.50. The van der Waals surface area contributed by atoms with E-state index in [1.165, 1.54) is 58.5 Å². The second-order valence-corrected chi connectivity index (χ2v) is 8.37. The lowest BCUT2D eigenvalue weighted by Gasteiger charge is -2.46. The zero-order valence-electron chi connectivity index (χ0n) is 15.5. The molecule has 1 aliphatic carbocycles. The van der Waals surface area contributed by atoms with Crippen LogP contribution in [-0.4, -0.2) is 7.05 Å². The summed E-state index contributed by atoms with van der Waals surface area (Å²) in [5.74, 6) is 0. The van der Waals surface area contributed by atoms with Crippen LogP contribution in [0.1, 0.15) is 55.0 Å². The standard InChI is InChI=1S/C22H27NOS/c1-4-17-20-19(12-15-24-20)25-21(17)22(13-8-5-9-14-22)23(3)18-11-7-6-10-16(18)2/h6-7,10-12,15H,4-5,8-9,13-14H2,1-3H3. The summed E-state index contributed by atoms with van der Waals surface area (Å²) in [6, 6.07) is 10.9. The molecule has 1 saturated carbocycles. The molecule has 0 atom stereocenters. The third kappa shape index (κ3) is 2.60. The molecule has 0 radical (unpaired) electrons. The first-order chi connectivity index (χ1) is 12.2. The maximum Gasteiger partial charge on any atom is 0.148 e. The van der Waals surface area contributed by atoms with E-state index in [0.29, 0.717) is 0 Å². The molecule has 3 aromatic rings. The van der Waals surface area contributed by atoms with E-state index in [2.05, 4.69) is 56.1 Å². The predicted molar refractivity (Wildman–Crippen MR) is 108 cm³/mol. The van der Waals surface area contributed by atoms with Crippen molar-refractivity contribution in [3.05, 3.63) is 52.6 Å². The van der Waals surface area contributed by atoms with Crippen LogP contribution in [-0.2, 0) is 12.0 Å². The van der Waals surface area contributed by atoms with E-state index >= 15 is 0 Å². The molecule has 1 fully saturated rings. The molecule has 132 valence electrons. The number of furan rings is 1. The van der Waals surface area contributed by atoms with E-state index in [-0.39, 0.29) is 5.54 Å². The number of thiophene rings is 1. The molecule has 2 aromatic heterocycles. The van der Waals surface area contributed by atoms with E-state index < -0.39 is 0 Å². The Morgan fingerprint density at radius 1 is 1.12 bits per heavy atom. The molecule has 0 amide bonds. The molecule has 2 nitrogen and oxygen atoms in total. The maximum absolute atomic E-state index is 5.86. The number of benzene rings is 1. The molecule has 0 spiro atoms. The van der Waals surface area contributed by atoms with Crippen molar-refractivity contribution >= 4 is 27.3 Å². The first kappa shape index (κ1) is 16.7. The minimum atomic E-state index is 0.0991. The summed E-state index contributed by atoms with van der Waals surface area (Å²) in [7, 11) is 2.30. The zero-order valence-corrected chi connectivity index (χ0v) is 16.3. The van der Waals surface area contributed by atoms with Crippen LogP contribution < -0.4 is 4.90 Å². The minimum Gasteiger partial charge on any atom is -0.463 e. The fourth-order valence-corrected chi connectivity index (χ4v) is 6.09. The van der Waals surface area contributed by atoms with E-state index in [0.717, 1.165) is 12.0 Å². The van der Waals surface area contributed by atoms with Crippen LogP contribution in [0.2, 0.25) is 0 Å². The van der Waals surface area contributed by atoms with Gasteiger partial charge >= 0.3 is 0 Å². The number of aryl methyl sites for hydroxylation is 2. The SMILES string of the molecule is CCc1c(C2(N(C)c3ccccc3C)CCCCC2)sc2ccoc12. The normalized spacial score (nSPS) is 17.1. The van der Waals surface area contributed by atoms with Gasteiger partial charge in [0.2, 0.25) is 0 Å². The molecule has 2 heterocycles. The van der Waals surface area contributed by atoms with Gasteiger partial charge in [-0.05, 0) is 43.9 Å². The topological polar surface area (TPSA) is 16.4 Å². The number of anilines is 1. The highest BCUT2D eigenvalue weighted by atomic mass is 32.1. The molecule has 4 rings (SSSR count). The van der Waals surface area contributed by atoms with Crippen molar-refractivity contribution < 1.29 is 4.42 Å². The number of hydrogen-bond donors (Lipinski definition) is 0. The molecule has 1 aromatic carbocycles. The van der Waals surface area contributed by atoms with Gasteiger partial charge in [0.05, 0.1) is 16.5 Å². The molecule has 1 aliphatic rings. The highest BCUT2D eigenvalue weighted by molar-refractivity contribution is 7.19. The van der Waals surface area contributed by atoms with Gasteiger partial charge in [0.1, 0.15) is 5.58 Å². The van der Waals surface area contributed by atoms with Gasteiger partial charge in [0.25, 0.3) is 0 Å². The third-order valence-corrected chi connectivity index (χ3v) is 7.34. The summed E-state index contributed by atoms with van der Waals surface area (Å²) in [4.78, 5) is 4.11. The van der Waals surface area contributed by atoms with Gasteiger partial charge in [-0.2, -0.15) is 0 Å². The molecule has 25 heavy (non-hydrogen) atoms. The lowest BCUT2D eigenvalue weighted by atomic mass is 9.77. The van der Waals surface area contributed by atoms with Crippen molar-refractivity contribution in [3.63, 3.8) is 0 Å². The fraction of sp³-hybridized carbons (Fsp3) is 0.455. The second kappa shape index (κ2) is 6.53. The molecule has 0 saturated heterocycles. The molecule has 0 unspecified atom stereocenters. The van der Waals surface area contributed by atoms with Gasteiger partial charge in [-0.25, -0.2) is 0 Å². The van der Waals surface area contributed by atoms with Crippen molar-refractivity contribution in [2.75, 3.05) is 11.9 Å². The summed E-state index contributed by atoms with van der Waals surface area (Å²) in [5.41, 5.74) is 5.35. The van der Waals surface area contributed by atoms with E-state index in [1.54, 1.807) is 0 Å². The summed E-state index contributed by atoms with van der Waals surface area (Å²) >= 11 is 1.95. The Labute approximate surface area is 154 Å². The van der Waals surface area contributed by atoms with Gasteiger partial charge in [0.15, 0.2) is 0 Å². The monoisotopic (exact) mass is 353 g/mol. The first-order valence-corrected chi connectivity index (χ1v) is 10.3. The van der Waals surface area contributed by atoms with Gasteiger partial charge < -0.3 is 9.32 Å². The quantitative estimate of drug-likeness (QED) is 0.521. The van der Waals surface area contributed by atoms with Crippen molar-refractivity contribution in [1.82, 2.24) is 0 Å². The van der Waals surface area contributed by atoms with Crippen molar-refractivity contribution in [2.24, 2.45) is 0 Å². The highest BCUT2D eigenvalue weighted by Gasteiger charge is 2.42. The lowest BCUT2D eigenvalue weighted by Crippen LogP contribution is -2.45. The molecule has 3 heteroatoms. The Balaban J connectivity index is 1.89. The average molecular weight is 354 g/mol. The van der Waals surface area contributed by atoms with Crippen molar-refractivity contribution in [2.45, 2.75) is 57.9 Å². The van der Waals surface area contributed by atoms with Gasteiger partial charge in [-0.3, -0.25) is 0 Å². The second-order valence-electron chi connectivity index (χ2n) is 7.32. The van der Waals surface area contributed by atoms with Gasteiger partial charge in [0, 0.05) is 23.2 Å². The minimum absolute atomic E-state index is 0.0991. The Bertz CT molecular complexity index is 869. The molecular weight excluding hydrogens is 326 g/mol. The smallest absolute Gasteiger partial charge is 0.148 e. The molecule has 0 aliphatic heterocycles. The number of para-hydroxylation sites is 1. The van der Waals surface area contributed by atoms with Gasteiger partial charge in [-0.15, -0.1) is 11.3 Å². The molecule has 0 bridgehead atoms. The maximum atomic E-state index is 5.86.